The van der Waals surface area contributed by atoms with Gasteiger partial charge in [0, 0.05) is 0 Å². The molecule has 0 radical (unpaired) electrons. The Morgan fingerprint density at radius 1 is 0.692 bits per heavy atom. The summed E-state index contributed by atoms with van der Waals surface area (Å²) in [6.45, 7) is 4.37. The number of para-hydroxylation sites is 2. The third kappa shape index (κ3) is 6.88. The van der Waals surface area contributed by atoms with Crippen molar-refractivity contribution in [3.05, 3.63) is 59.7 Å². The molecule has 2 aromatic rings. The van der Waals surface area contributed by atoms with Gasteiger partial charge in [-0.25, -0.2) is 4.57 Å². The van der Waals surface area contributed by atoms with E-state index in [1.165, 1.54) is 25.7 Å². The van der Waals surface area contributed by atoms with Gasteiger partial charge >= 0.3 is 8.25 Å². The van der Waals surface area contributed by atoms with Crippen LogP contribution in [0.5, 0.6) is 11.5 Å². The maximum atomic E-state index is 12.5. The lowest BCUT2D eigenvalue weighted by atomic mass is 10.1. The molecule has 0 saturated heterocycles. The number of rotatable bonds is 12. The molecule has 0 spiro atoms. The van der Waals surface area contributed by atoms with Gasteiger partial charge in [-0.3, -0.25) is 0 Å². The van der Waals surface area contributed by atoms with E-state index in [-0.39, 0.29) is 0 Å². The molecule has 0 aliphatic heterocycles. The first-order valence-electron chi connectivity index (χ1n) is 9.80. The largest absolute Gasteiger partial charge is 0.418 e. The molecule has 0 unspecified atom stereocenters. The molecular weight excluding hydrogens is 343 g/mol. The molecule has 0 bridgehead atoms. The van der Waals surface area contributed by atoms with E-state index in [1.54, 1.807) is 0 Å². The smallest absolute Gasteiger partial charge is 0.418 e. The quantitative estimate of drug-likeness (QED) is 0.296. The fraction of sp³-hybridized carbons (Fsp3) is 0.455. The minimum atomic E-state index is -2.65. The van der Waals surface area contributed by atoms with E-state index >= 15 is 0 Å². The van der Waals surface area contributed by atoms with E-state index in [9.17, 15) is 4.57 Å². The van der Waals surface area contributed by atoms with Crippen molar-refractivity contribution < 1.29 is 13.6 Å². The zero-order valence-corrected chi connectivity index (χ0v) is 17.0. The lowest BCUT2D eigenvalue weighted by Gasteiger charge is -2.14. The third-order valence-electron chi connectivity index (χ3n) is 4.43. The normalized spacial score (nSPS) is 10.9. The first kappa shape index (κ1) is 20.6. The van der Waals surface area contributed by atoms with Crippen molar-refractivity contribution in [1.82, 2.24) is 0 Å². The molecule has 2 aromatic carbocycles. The molecule has 2 rings (SSSR count). The van der Waals surface area contributed by atoms with Crippen LogP contribution in [-0.2, 0) is 17.4 Å². The van der Waals surface area contributed by atoms with Gasteiger partial charge < -0.3 is 9.05 Å². The summed E-state index contributed by atoms with van der Waals surface area (Å²) in [5.41, 5.74) is 2.19. The highest BCUT2D eigenvalue weighted by Crippen LogP contribution is 2.35. The fourth-order valence-electron chi connectivity index (χ4n) is 2.95. The van der Waals surface area contributed by atoms with E-state index in [0.717, 1.165) is 36.8 Å². The molecule has 0 saturated carbocycles. The first-order valence-corrected chi connectivity index (χ1v) is 11.0. The summed E-state index contributed by atoms with van der Waals surface area (Å²) in [7, 11) is -2.65. The second-order valence-electron chi connectivity index (χ2n) is 6.58. The fourth-order valence-corrected chi connectivity index (χ4v) is 3.75. The highest BCUT2D eigenvalue weighted by Gasteiger charge is 2.11. The molecule has 0 aliphatic rings. The van der Waals surface area contributed by atoms with Crippen LogP contribution in [0, 0.1) is 0 Å². The van der Waals surface area contributed by atoms with E-state index in [1.807, 2.05) is 48.5 Å². The minimum Gasteiger partial charge on any atom is -0.418 e. The molecule has 26 heavy (non-hydrogen) atoms. The predicted molar refractivity (Wildman–Crippen MR) is 110 cm³/mol. The lowest BCUT2D eigenvalue weighted by molar-refractivity contribution is 0.411. The molecule has 142 valence electrons. The van der Waals surface area contributed by atoms with Crippen LogP contribution in [0.15, 0.2) is 48.5 Å². The summed E-state index contributed by atoms with van der Waals surface area (Å²) < 4.78 is 23.9. The summed E-state index contributed by atoms with van der Waals surface area (Å²) in [6, 6.07) is 15.6. The molecule has 4 heteroatoms. The van der Waals surface area contributed by atoms with Crippen molar-refractivity contribution in [2.75, 3.05) is 0 Å². The Morgan fingerprint density at radius 3 is 1.54 bits per heavy atom. The summed E-state index contributed by atoms with van der Waals surface area (Å²) in [4.78, 5) is 0. The van der Waals surface area contributed by atoms with Gasteiger partial charge in [-0.15, -0.1) is 0 Å². The molecule has 0 heterocycles. The van der Waals surface area contributed by atoms with Crippen LogP contribution in [0.1, 0.15) is 63.5 Å². The van der Waals surface area contributed by atoms with E-state index in [0.29, 0.717) is 11.5 Å². The van der Waals surface area contributed by atoms with Crippen molar-refractivity contribution >= 4 is 8.25 Å². The molecular formula is C22H31O3P. The van der Waals surface area contributed by atoms with Crippen molar-refractivity contribution in [1.29, 1.82) is 0 Å². The van der Waals surface area contributed by atoms with Crippen molar-refractivity contribution in [2.45, 2.75) is 65.2 Å². The van der Waals surface area contributed by atoms with E-state index in [2.05, 4.69) is 13.8 Å². The van der Waals surface area contributed by atoms with Gasteiger partial charge in [0.25, 0.3) is 0 Å². The third-order valence-corrected chi connectivity index (χ3v) is 5.20. The highest BCUT2D eigenvalue weighted by molar-refractivity contribution is 7.34. The topological polar surface area (TPSA) is 35.5 Å². The maximum absolute atomic E-state index is 12.5. The molecule has 3 nitrogen and oxygen atoms in total. The standard InChI is InChI=1S/C22H31O3P/c1-3-5-7-13-19-15-9-11-17-21(19)24-26(23)25-22-18-12-10-16-20(22)14-8-6-4-2/h9-12,15-18,26H,3-8,13-14H2,1-2H3. The summed E-state index contributed by atoms with van der Waals surface area (Å²) >= 11 is 0. The molecule has 0 N–H and O–H groups in total. The van der Waals surface area contributed by atoms with E-state index < -0.39 is 8.25 Å². The molecule has 0 aromatic heterocycles. The lowest BCUT2D eigenvalue weighted by Crippen LogP contribution is -1.96. The van der Waals surface area contributed by atoms with Gasteiger partial charge in [0.1, 0.15) is 11.5 Å². The van der Waals surface area contributed by atoms with Crippen LogP contribution in [0.2, 0.25) is 0 Å². The van der Waals surface area contributed by atoms with Crippen LogP contribution >= 0.6 is 8.25 Å². The zero-order chi connectivity index (χ0) is 18.6. The molecule has 0 aliphatic carbocycles. The van der Waals surface area contributed by atoms with Gasteiger partial charge in [0.2, 0.25) is 0 Å². The van der Waals surface area contributed by atoms with Gasteiger partial charge in [-0.2, -0.15) is 0 Å². The monoisotopic (exact) mass is 374 g/mol. The Balaban J connectivity index is 1.99. The zero-order valence-electron chi connectivity index (χ0n) is 16.0. The van der Waals surface area contributed by atoms with Crippen molar-refractivity contribution in [3.63, 3.8) is 0 Å². The van der Waals surface area contributed by atoms with Crippen LogP contribution in [0.3, 0.4) is 0 Å². The molecule has 0 amide bonds. The van der Waals surface area contributed by atoms with Gasteiger partial charge in [0.15, 0.2) is 0 Å². The second kappa shape index (κ2) is 11.8. The minimum absolute atomic E-state index is 0.677. The Hall–Kier alpha value is -1.73. The number of aryl methyl sites for hydroxylation is 2. The second-order valence-corrected chi connectivity index (χ2v) is 7.49. The number of unbranched alkanes of at least 4 members (excludes halogenated alkanes) is 4. The molecule has 0 fully saturated rings. The van der Waals surface area contributed by atoms with Crippen LogP contribution < -0.4 is 9.05 Å². The van der Waals surface area contributed by atoms with Crippen LogP contribution in [0.4, 0.5) is 0 Å². The van der Waals surface area contributed by atoms with Crippen LogP contribution in [0.25, 0.3) is 0 Å². The maximum Gasteiger partial charge on any atom is 0.418 e. The first-order chi connectivity index (χ1) is 12.7. The Kier molecular flexibility index (Phi) is 9.34. The Bertz CT molecular complexity index is 627. The Labute approximate surface area is 158 Å². The number of hydrogen-bond donors (Lipinski definition) is 0. The number of hydrogen-bond acceptors (Lipinski definition) is 3. The summed E-state index contributed by atoms with van der Waals surface area (Å²) in [6.07, 6.45) is 8.82. The average molecular weight is 374 g/mol. The van der Waals surface area contributed by atoms with E-state index in [4.69, 9.17) is 9.05 Å². The van der Waals surface area contributed by atoms with Gasteiger partial charge in [0.05, 0.1) is 0 Å². The van der Waals surface area contributed by atoms with Crippen molar-refractivity contribution in [2.24, 2.45) is 0 Å². The van der Waals surface area contributed by atoms with Crippen molar-refractivity contribution in [3.8, 4) is 11.5 Å². The van der Waals surface area contributed by atoms with Crippen LogP contribution in [-0.4, -0.2) is 0 Å². The molecule has 0 atom stereocenters. The number of benzene rings is 2. The highest BCUT2D eigenvalue weighted by atomic mass is 31.1. The van der Waals surface area contributed by atoms with Gasteiger partial charge in [-0.1, -0.05) is 75.9 Å². The predicted octanol–water partition coefficient (Wildman–Crippen LogP) is 7.00. The summed E-state index contributed by atoms with van der Waals surface area (Å²) in [5.74, 6) is 1.35. The van der Waals surface area contributed by atoms with Gasteiger partial charge in [-0.05, 0) is 48.9 Å². The summed E-state index contributed by atoms with van der Waals surface area (Å²) in [5, 5.41) is 0. The average Bonchev–Trinajstić information content (AvgIpc) is 2.65. The SMILES string of the molecule is CCCCCc1ccccc1O[PH](=O)Oc1ccccc1CCCCC. The Morgan fingerprint density at radius 2 is 1.12 bits per heavy atom.